The third-order valence-electron chi connectivity index (χ3n) is 2.80. The zero-order chi connectivity index (χ0) is 12.5. The highest BCUT2D eigenvalue weighted by Crippen LogP contribution is 2.36. The van der Waals surface area contributed by atoms with E-state index in [4.69, 9.17) is 0 Å². The normalized spacial score (nSPS) is 20.2. The van der Waals surface area contributed by atoms with Crippen LogP contribution in [0.15, 0.2) is 9.98 Å². The van der Waals surface area contributed by atoms with E-state index in [-0.39, 0.29) is 37.5 Å². The van der Waals surface area contributed by atoms with E-state index in [1.165, 1.54) is 11.3 Å². The van der Waals surface area contributed by atoms with Crippen molar-refractivity contribution < 1.29 is 13.6 Å². The highest BCUT2D eigenvalue weighted by molar-refractivity contribution is 9.11. The number of carbonyl (C=O) groups excluding carboxylic acids is 1. The molecule has 0 radical (unpaired) electrons. The van der Waals surface area contributed by atoms with Gasteiger partial charge in [0.05, 0.1) is 9.98 Å². The second kappa shape index (κ2) is 4.97. The van der Waals surface area contributed by atoms with Crippen molar-refractivity contribution in [3.8, 4) is 0 Å². The largest absolute Gasteiger partial charge is 0.302 e. The van der Waals surface area contributed by atoms with Crippen LogP contribution in [0.1, 0.15) is 25.7 Å². The number of halogens is 3. The van der Waals surface area contributed by atoms with E-state index in [2.05, 4.69) is 26.2 Å². The van der Waals surface area contributed by atoms with Crippen molar-refractivity contribution in [1.29, 1.82) is 0 Å². The number of nitrogens with one attached hydrogen (secondary N) is 1. The summed E-state index contributed by atoms with van der Waals surface area (Å²) in [5, 5.41) is 3.15. The average Bonchev–Trinajstić information content (AvgIpc) is 2.63. The van der Waals surface area contributed by atoms with Gasteiger partial charge in [-0.05, 0) is 28.8 Å². The number of nitrogens with zero attached hydrogens (tertiary/aromatic N) is 1. The van der Waals surface area contributed by atoms with E-state index < -0.39 is 5.92 Å². The first-order valence-corrected chi connectivity index (χ1v) is 6.87. The van der Waals surface area contributed by atoms with Crippen LogP contribution < -0.4 is 5.32 Å². The minimum Gasteiger partial charge on any atom is -0.302 e. The van der Waals surface area contributed by atoms with Crippen LogP contribution in [-0.2, 0) is 4.79 Å². The lowest BCUT2D eigenvalue weighted by Crippen LogP contribution is -2.31. The highest BCUT2D eigenvalue weighted by Gasteiger charge is 2.37. The summed E-state index contributed by atoms with van der Waals surface area (Å²) in [6, 6.07) is 0. The molecule has 94 valence electrons. The Morgan fingerprint density at radius 2 is 2.18 bits per heavy atom. The second-order valence-corrected chi connectivity index (χ2v) is 6.50. The molecule has 1 heterocycles. The molecule has 0 aliphatic heterocycles. The second-order valence-electron chi connectivity index (χ2n) is 4.09. The van der Waals surface area contributed by atoms with Gasteiger partial charge in [0.15, 0.2) is 5.13 Å². The number of hydrogen-bond acceptors (Lipinski definition) is 3. The first-order valence-electron chi connectivity index (χ1n) is 5.26. The molecule has 0 aromatic carbocycles. The van der Waals surface area contributed by atoms with E-state index in [0.29, 0.717) is 5.13 Å². The summed E-state index contributed by atoms with van der Waals surface area (Å²) in [5.74, 6) is -3.12. The molecule has 0 bridgehead atoms. The Morgan fingerprint density at radius 1 is 1.53 bits per heavy atom. The fraction of sp³-hybridized carbons (Fsp3) is 0.600. The van der Waals surface area contributed by atoms with Crippen molar-refractivity contribution >= 4 is 38.3 Å². The number of hydrogen-bond donors (Lipinski definition) is 1. The lowest BCUT2D eigenvalue weighted by atomic mass is 9.86. The molecule has 1 amide bonds. The number of alkyl halides is 2. The van der Waals surface area contributed by atoms with Gasteiger partial charge in [-0.15, -0.1) is 0 Å². The van der Waals surface area contributed by atoms with E-state index in [1.807, 2.05) is 0 Å². The molecule has 17 heavy (non-hydrogen) atoms. The van der Waals surface area contributed by atoms with Crippen LogP contribution in [0, 0.1) is 5.92 Å². The molecule has 1 N–H and O–H groups in total. The first kappa shape index (κ1) is 12.9. The van der Waals surface area contributed by atoms with Crippen molar-refractivity contribution in [2.45, 2.75) is 31.6 Å². The number of rotatable bonds is 2. The predicted octanol–water partition coefficient (Wildman–Crippen LogP) is 3.67. The summed E-state index contributed by atoms with van der Waals surface area (Å²) in [5.41, 5.74) is 0. The van der Waals surface area contributed by atoms with Gasteiger partial charge >= 0.3 is 0 Å². The molecule has 1 aliphatic rings. The van der Waals surface area contributed by atoms with Crippen molar-refractivity contribution in [3.05, 3.63) is 9.98 Å². The van der Waals surface area contributed by atoms with Crippen molar-refractivity contribution in [2.24, 2.45) is 5.92 Å². The van der Waals surface area contributed by atoms with Gasteiger partial charge in [0.1, 0.15) is 0 Å². The first-order chi connectivity index (χ1) is 7.96. The molecule has 0 unspecified atom stereocenters. The van der Waals surface area contributed by atoms with Crippen LogP contribution in [0.3, 0.4) is 0 Å². The maximum Gasteiger partial charge on any atom is 0.248 e. The number of anilines is 1. The lowest BCUT2D eigenvalue weighted by Gasteiger charge is -2.26. The zero-order valence-corrected chi connectivity index (χ0v) is 11.3. The fourth-order valence-electron chi connectivity index (χ4n) is 1.82. The minimum atomic E-state index is -2.60. The summed E-state index contributed by atoms with van der Waals surface area (Å²) in [7, 11) is 0. The minimum absolute atomic E-state index is 0.202. The van der Waals surface area contributed by atoms with Crippen molar-refractivity contribution in [1.82, 2.24) is 4.98 Å². The maximum atomic E-state index is 12.9. The number of thiazole rings is 1. The smallest absolute Gasteiger partial charge is 0.248 e. The summed E-state index contributed by atoms with van der Waals surface area (Å²) in [6.45, 7) is 0. The molecule has 1 aromatic rings. The van der Waals surface area contributed by atoms with Gasteiger partial charge in [-0.25, -0.2) is 13.8 Å². The number of aromatic nitrogens is 1. The van der Waals surface area contributed by atoms with Gasteiger partial charge in [-0.3, -0.25) is 4.79 Å². The molecule has 1 saturated carbocycles. The molecule has 2 rings (SSSR count). The van der Waals surface area contributed by atoms with Crippen LogP contribution in [0.4, 0.5) is 13.9 Å². The van der Waals surface area contributed by atoms with Crippen molar-refractivity contribution in [3.63, 3.8) is 0 Å². The Hall–Kier alpha value is -0.560. The Bertz CT molecular complexity index is 414. The van der Waals surface area contributed by atoms with Crippen LogP contribution in [-0.4, -0.2) is 16.8 Å². The molecule has 1 aromatic heterocycles. The van der Waals surface area contributed by atoms with Crippen LogP contribution >= 0.6 is 27.3 Å². The van der Waals surface area contributed by atoms with Crippen LogP contribution in [0.25, 0.3) is 0 Å². The number of carbonyl (C=O) groups is 1. The third-order valence-corrected chi connectivity index (χ3v) is 4.19. The Morgan fingerprint density at radius 3 is 2.71 bits per heavy atom. The van der Waals surface area contributed by atoms with Gasteiger partial charge in [-0.2, -0.15) is 0 Å². The summed E-state index contributed by atoms with van der Waals surface area (Å²) >= 11 is 4.54. The fourth-order valence-corrected chi connectivity index (χ4v) is 2.93. The molecular formula is C10H11BrF2N2OS. The van der Waals surface area contributed by atoms with Gasteiger partial charge in [0.25, 0.3) is 0 Å². The standard InChI is InChI=1S/C10H11BrF2N2OS/c11-7-5-14-9(17-7)15-8(16)6-1-3-10(12,13)4-2-6/h5-6H,1-4H2,(H,14,15,16). The highest BCUT2D eigenvalue weighted by atomic mass is 79.9. The molecule has 1 fully saturated rings. The van der Waals surface area contributed by atoms with Crippen LogP contribution in [0.2, 0.25) is 0 Å². The Labute approximate surface area is 110 Å². The predicted molar refractivity (Wildman–Crippen MR) is 65.3 cm³/mol. The topological polar surface area (TPSA) is 42.0 Å². The maximum absolute atomic E-state index is 12.9. The molecular weight excluding hydrogens is 314 g/mol. The quantitative estimate of drug-likeness (QED) is 0.901. The van der Waals surface area contributed by atoms with Crippen LogP contribution in [0.5, 0.6) is 0 Å². The van der Waals surface area contributed by atoms with E-state index in [0.717, 1.165) is 3.79 Å². The molecule has 7 heteroatoms. The summed E-state index contributed by atoms with van der Waals surface area (Å²) < 4.78 is 26.7. The molecule has 0 atom stereocenters. The molecule has 0 saturated heterocycles. The van der Waals surface area contributed by atoms with E-state index >= 15 is 0 Å². The summed E-state index contributed by atoms with van der Waals surface area (Å²) in [6.07, 6.45) is 1.67. The van der Waals surface area contributed by atoms with Gasteiger partial charge in [0, 0.05) is 18.8 Å². The molecule has 1 aliphatic carbocycles. The molecule has 0 spiro atoms. The number of amides is 1. The van der Waals surface area contributed by atoms with Gasteiger partial charge in [0.2, 0.25) is 11.8 Å². The molecule has 3 nitrogen and oxygen atoms in total. The third kappa shape index (κ3) is 3.45. The van der Waals surface area contributed by atoms with Gasteiger partial charge < -0.3 is 5.32 Å². The lowest BCUT2D eigenvalue weighted by molar-refractivity contribution is -0.124. The van der Waals surface area contributed by atoms with Crippen molar-refractivity contribution in [2.75, 3.05) is 5.32 Å². The summed E-state index contributed by atoms with van der Waals surface area (Å²) in [4.78, 5) is 15.8. The monoisotopic (exact) mass is 324 g/mol. The van der Waals surface area contributed by atoms with E-state index in [9.17, 15) is 13.6 Å². The SMILES string of the molecule is O=C(Nc1ncc(Br)s1)C1CCC(F)(F)CC1. The Kier molecular flexibility index (Phi) is 3.77. The zero-order valence-electron chi connectivity index (χ0n) is 8.88. The average molecular weight is 325 g/mol. The van der Waals surface area contributed by atoms with Gasteiger partial charge in [-0.1, -0.05) is 11.3 Å². The Balaban J connectivity index is 1.89. The van der Waals surface area contributed by atoms with E-state index in [1.54, 1.807) is 6.20 Å².